The van der Waals surface area contributed by atoms with E-state index in [9.17, 15) is 0 Å². The lowest BCUT2D eigenvalue weighted by Gasteiger charge is -2.32. The van der Waals surface area contributed by atoms with Crippen molar-refractivity contribution in [3.8, 4) is 0 Å². The Morgan fingerprint density at radius 2 is 2.00 bits per heavy atom. The molecule has 3 nitrogen and oxygen atoms in total. The van der Waals surface area contributed by atoms with Crippen LogP contribution in [0.15, 0.2) is 30.3 Å². The van der Waals surface area contributed by atoms with Crippen LogP contribution in [0.5, 0.6) is 0 Å². The van der Waals surface area contributed by atoms with Gasteiger partial charge < -0.3 is 10.5 Å². The zero-order valence-corrected chi connectivity index (χ0v) is 10.6. The molecule has 0 aliphatic carbocycles. The third-order valence-electron chi connectivity index (χ3n) is 3.30. The number of hydrogen-bond donors (Lipinski definition) is 1. The number of ether oxygens (including phenoxy) is 1. The van der Waals surface area contributed by atoms with Gasteiger partial charge in [0.05, 0.1) is 12.1 Å². The summed E-state index contributed by atoms with van der Waals surface area (Å²) in [6.45, 7) is 6.77. The summed E-state index contributed by atoms with van der Waals surface area (Å²) < 4.78 is 5.46. The van der Waals surface area contributed by atoms with E-state index in [-0.39, 0.29) is 5.54 Å². The first-order valence-electron chi connectivity index (χ1n) is 6.33. The molecule has 3 heteroatoms. The van der Waals surface area contributed by atoms with E-state index in [1.54, 1.807) is 0 Å². The molecule has 0 bridgehead atoms. The van der Waals surface area contributed by atoms with Gasteiger partial charge in [0.2, 0.25) is 0 Å². The summed E-state index contributed by atoms with van der Waals surface area (Å²) in [4.78, 5) is 2.40. The highest BCUT2D eigenvalue weighted by Gasteiger charge is 2.24. The fourth-order valence-corrected chi connectivity index (χ4v) is 2.33. The number of nitrogens with two attached hydrogens (primary N) is 1. The molecule has 0 radical (unpaired) electrons. The minimum Gasteiger partial charge on any atom is -0.380 e. The molecule has 1 fully saturated rings. The molecule has 1 atom stereocenters. The molecule has 0 spiro atoms. The molecular weight excluding hydrogens is 212 g/mol. The van der Waals surface area contributed by atoms with E-state index in [4.69, 9.17) is 10.5 Å². The van der Waals surface area contributed by atoms with Gasteiger partial charge in [0.25, 0.3) is 0 Å². The van der Waals surface area contributed by atoms with Crippen molar-refractivity contribution in [3.63, 3.8) is 0 Å². The minimum absolute atomic E-state index is 0.286. The first kappa shape index (κ1) is 12.6. The highest BCUT2D eigenvalue weighted by Crippen LogP contribution is 2.19. The zero-order chi connectivity index (χ0) is 12.1. The van der Waals surface area contributed by atoms with Crippen LogP contribution in [0.2, 0.25) is 0 Å². The third-order valence-corrected chi connectivity index (χ3v) is 3.30. The molecule has 2 N–H and O–H groups in total. The molecule has 1 aliphatic heterocycles. The second kappa shape index (κ2) is 5.63. The van der Waals surface area contributed by atoms with Gasteiger partial charge in [-0.3, -0.25) is 4.90 Å². The van der Waals surface area contributed by atoms with Gasteiger partial charge in [0.1, 0.15) is 0 Å². The largest absolute Gasteiger partial charge is 0.380 e. The van der Waals surface area contributed by atoms with Gasteiger partial charge in [0, 0.05) is 26.2 Å². The van der Waals surface area contributed by atoms with Crippen molar-refractivity contribution in [1.82, 2.24) is 4.90 Å². The number of rotatable bonds is 3. The van der Waals surface area contributed by atoms with Gasteiger partial charge in [-0.15, -0.1) is 0 Å². The van der Waals surface area contributed by atoms with Gasteiger partial charge in [-0.1, -0.05) is 30.3 Å². The van der Waals surface area contributed by atoms with E-state index < -0.39 is 0 Å². The Kier molecular flexibility index (Phi) is 4.15. The maximum Gasteiger partial charge on any atom is 0.0593 e. The van der Waals surface area contributed by atoms with Crippen molar-refractivity contribution < 1.29 is 4.74 Å². The highest BCUT2D eigenvalue weighted by molar-refractivity contribution is 5.23. The van der Waals surface area contributed by atoms with E-state index >= 15 is 0 Å². The predicted molar refractivity (Wildman–Crippen MR) is 69.9 cm³/mol. The summed E-state index contributed by atoms with van der Waals surface area (Å²) in [7, 11) is 0. The summed E-state index contributed by atoms with van der Waals surface area (Å²) in [5, 5.41) is 0. The lowest BCUT2D eigenvalue weighted by atomic mass is 9.92. The number of nitrogens with zero attached hydrogens (tertiary/aromatic N) is 1. The van der Waals surface area contributed by atoms with Crippen LogP contribution in [0.4, 0.5) is 0 Å². The third kappa shape index (κ3) is 3.53. The standard InChI is InChI=1S/C14H22N2O/c1-14(15,13-6-3-2-4-7-13)12-16-8-5-10-17-11-9-16/h2-4,6-7H,5,8-12,15H2,1H3. The summed E-state index contributed by atoms with van der Waals surface area (Å²) in [5.41, 5.74) is 7.35. The maximum absolute atomic E-state index is 6.44. The van der Waals surface area contributed by atoms with Gasteiger partial charge in [-0.25, -0.2) is 0 Å². The van der Waals surface area contributed by atoms with Gasteiger partial charge in [0.15, 0.2) is 0 Å². The minimum atomic E-state index is -0.286. The average molecular weight is 234 g/mol. The topological polar surface area (TPSA) is 38.5 Å². The predicted octanol–water partition coefficient (Wildman–Crippen LogP) is 1.58. The zero-order valence-electron chi connectivity index (χ0n) is 10.6. The van der Waals surface area contributed by atoms with E-state index in [2.05, 4.69) is 24.0 Å². The smallest absolute Gasteiger partial charge is 0.0593 e. The molecule has 1 aliphatic rings. The monoisotopic (exact) mass is 234 g/mol. The summed E-state index contributed by atoms with van der Waals surface area (Å²) in [5.74, 6) is 0. The van der Waals surface area contributed by atoms with Crippen LogP contribution in [-0.2, 0) is 10.3 Å². The van der Waals surface area contributed by atoms with E-state index in [0.717, 1.165) is 39.3 Å². The lowest BCUT2D eigenvalue weighted by molar-refractivity contribution is 0.137. The Hall–Kier alpha value is -0.900. The lowest BCUT2D eigenvalue weighted by Crippen LogP contribution is -2.46. The molecule has 1 unspecified atom stereocenters. The van der Waals surface area contributed by atoms with Crippen LogP contribution >= 0.6 is 0 Å². The first-order chi connectivity index (χ1) is 8.18. The molecule has 1 aromatic rings. The quantitative estimate of drug-likeness (QED) is 0.863. The van der Waals surface area contributed by atoms with E-state index in [0.29, 0.717) is 0 Å². The average Bonchev–Trinajstić information content (AvgIpc) is 2.58. The normalized spacial score (nSPS) is 21.8. The van der Waals surface area contributed by atoms with Crippen molar-refractivity contribution in [2.24, 2.45) is 5.73 Å². The van der Waals surface area contributed by atoms with Crippen LogP contribution in [0, 0.1) is 0 Å². The molecule has 1 heterocycles. The fourth-order valence-electron chi connectivity index (χ4n) is 2.33. The van der Waals surface area contributed by atoms with Crippen molar-refractivity contribution in [1.29, 1.82) is 0 Å². The van der Waals surface area contributed by atoms with Crippen LogP contribution in [0.3, 0.4) is 0 Å². The van der Waals surface area contributed by atoms with Crippen LogP contribution < -0.4 is 5.73 Å². The molecule has 0 amide bonds. The van der Waals surface area contributed by atoms with Crippen molar-refractivity contribution in [2.45, 2.75) is 18.9 Å². The number of hydrogen-bond acceptors (Lipinski definition) is 3. The van der Waals surface area contributed by atoms with E-state index in [1.165, 1.54) is 5.56 Å². The van der Waals surface area contributed by atoms with Crippen LogP contribution in [-0.4, -0.2) is 37.7 Å². The SMILES string of the molecule is CC(N)(CN1CCCOCC1)c1ccccc1. The van der Waals surface area contributed by atoms with Gasteiger partial charge in [-0.05, 0) is 18.9 Å². The van der Waals surface area contributed by atoms with Gasteiger partial charge in [-0.2, -0.15) is 0 Å². The molecule has 2 rings (SSSR count). The second-order valence-corrected chi connectivity index (χ2v) is 5.03. The van der Waals surface area contributed by atoms with Crippen molar-refractivity contribution in [2.75, 3.05) is 32.8 Å². The maximum atomic E-state index is 6.44. The molecule has 94 valence electrons. The van der Waals surface area contributed by atoms with Crippen molar-refractivity contribution >= 4 is 0 Å². The molecule has 1 saturated heterocycles. The van der Waals surface area contributed by atoms with Gasteiger partial charge >= 0.3 is 0 Å². The first-order valence-corrected chi connectivity index (χ1v) is 6.33. The van der Waals surface area contributed by atoms with Crippen LogP contribution in [0.25, 0.3) is 0 Å². The van der Waals surface area contributed by atoms with Crippen LogP contribution in [0.1, 0.15) is 18.9 Å². The fraction of sp³-hybridized carbons (Fsp3) is 0.571. The Bertz CT molecular complexity index is 329. The Balaban J connectivity index is 2.01. The Morgan fingerprint density at radius 3 is 2.76 bits per heavy atom. The Labute approximate surface area is 104 Å². The molecular formula is C14H22N2O. The highest BCUT2D eigenvalue weighted by atomic mass is 16.5. The molecule has 0 aromatic heterocycles. The number of benzene rings is 1. The van der Waals surface area contributed by atoms with E-state index in [1.807, 2.05) is 18.2 Å². The summed E-state index contributed by atoms with van der Waals surface area (Å²) >= 11 is 0. The molecule has 0 saturated carbocycles. The summed E-state index contributed by atoms with van der Waals surface area (Å²) in [6.07, 6.45) is 1.10. The van der Waals surface area contributed by atoms with Crippen molar-refractivity contribution in [3.05, 3.63) is 35.9 Å². The molecule has 1 aromatic carbocycles. The summed E-state index contributed by atoms with van der Waals surface area (Å²) in [6, 6.07) is 10.3. The molecule has 17 heavy (non-hydrogen) atoms. The second-order valence-electron chi connectivity index (χ2n) is 5.03. The Morgan fingerprint density at radius 1 is 1.24 bits per heavy atom.